The van der Waals surface area contributed by atoms with Gasteiger partial charge in [-0.15, -0.1) is 0 Å². The molecule has 0 aliphatic heterocycles. The first-order valence-electron chi connectivity index (χ1n) is 6.68. The summed E-state index contributed by atoms with van der Waals surface area (Å²) in [6.45, 7) is 1.86. The van der Waals surface area contributed by atoms with Crippen LogP contribution in [0.5, 0.6) is 0 Å². The number of aromatic nitrogens is 3. The van der Waals surface area contributed by atoms with E-state index in [9.17, 15) is 18.0 Å². The third-order valence-corrected chi connectivity index (χ3v) is 3.40. The van der Waals surface area contributed by atoms with Crippen molar-refractivity contribution in [3.63, 3.8) is 0 Å². The largest absolute Gasteiger partial charge is 0.389 e. The minimum Gasteiger partial charge on any atom is -0.311 e. The Morgan fingerprint density at radius 1 is 1.39 bits per heavy atom. The van der Waals surface area contributed by atoms with Gasteiger partial charge in [0, 0.05) is 19.7 Å². The highest BCUT2D eigenvalue weighted by Gasteiger charge is 2.29. The van der Waals surface area contributed by atoms with Crippen molar-refractivity contribution in [1.82, 2.24) is 14.8 Å². The van der Waals surface area contributed by atoms with E-state index in [0.717, 1.165) is 10.5 Å². The standard InChI is InChI=1S/C14H14ClF3N4O/c1-9-5-10(7-19-6-9)22-8-11(13(15)20-22)21(2)12(23)3-4-14(16,17)18/h5-8H,3-4H2,1-2H3. The van der Waals surface area contributed by atoms with Crippen LogP contribution in [-0.4, -0.2) is 33.9 Å². The molecule has 1 amide bonds. The molecule has 2 rings (SSSR count). The Labute approximate surface area is 135 Å². The number of halogens is 4. The zero-order chi connectivity index (χ0) is 17.2. The molecule has 124 valence electrons. The molecule has 23 heavy (non-hydrogen) atoms. The SMILES string of the molecule is Cc1cncc(-n2cc(N(C)C(=O)CCC(F)(F)F)c(Cl)n2)c1. The van der Waals surface area contributed by atoms with Crippen molar-refractivity contribution in [1.29, 1.82) is 0 Å². The topological polar surface area (TPSA) is 51.0 Å². The molecule has 0 fully saturated rings. The smallest absolute Gasteiger partial charge is 0.311 e. The van der Waals surface area contributed by atoms with Crippen molar-refractivity contribution in [2.24, 2.45) is 0 Å². The zero-order valence-electron chi connectivity index (χ0n) is 12.4. The molecule has 5 nitrogen and oxygen atoms in total. The van der Waals surface area contributed by atoms with Crippen LogP contribution >= 0.6 is 11.6 Å². The number of pyridine rings is 1. The van der Waals surface area contributed by atoms with Crippen molar-refractivity contribution in [2.75, 3.05) is 11.9 Å². The molecule has 9 heteroatoms. The third kappa shape index (κ3) is 4.44. The van der Waals surface area contributed by atoms with Gasteiger partial charge >= 0.3 is 6.18 Å². The Morgan fingerprint density at radius 2 is 2.09 bits per heavy atom. The monoisotopic (exact) mass is 346 g/mol. The van der Waals surface area contributed by atoms with Crippen LogP contribution in [0, 0.1) is 6.92 Å². The molecule has 0 atom stereocenters. The maximum absolute atomic E-state index is 12.2. The van der Waals surface area contributed by atoms with Gasteiger partial charge in [-0.3, -0.25) is 9.78 Å². The van der Waals surface area contributed by atoms with Crippen LogP contribution in [0.25, 0.3) is 5.69 Å². The lowest BCUT2D eigenvalue weighted by Crippen LogP contribution is -2.27. The molecule has 0 spiro atoms. The van der Waals surface area contributed by atoms with Crippen LogP contribution in [0.2, 0.25) is 5.15 Å². The molecule has 0 unspecified atom stereocenters. The number of anilines is 1. The number of nitrogens with zero attached hydrogens (tertiary/aromatic N) is 4. The summed E-state index contributed by atoms with van der Waals surface area (Å²) in [5, 5.41) is 4.08. The Bertz CT molecular complexity index is 714. The Hall–Kier alpha value is -2.09. The second-order valence-electron chi connectivity index (χ2n) is 5.04. The maximum atomic E-state index is 12.2. The van der Waals surface area contributed by atoms with E-state index in [1.807, 2.05) is 13.0 Å². The summed E-state index contributed by atoms with van der Waals surface area (Å²) in [6.07, 6.45) is -1.49. The quantitative estimate of drug-likeness (QED) is 0.851. The summed E-state index contributed by atoms with van der Waals surface area (Å²) in [7, 11) is 1.36. The van der Waals surface area contributed by atoms with Gasteiger partial charge in [0.05, 0.1) is 24.5 Å². The second kappa shape index (κ2) is 6.57. The van der Waals surface area contributed by atoms with Gasteiger partial charge in [0.25, 0.3) is 0 Å². The first-order valence-corrected chi connectivity index (χ1v) is 7.05. The van der Waals surface area contributed by atoms with E-state index in [1.165, 1.54) is 17.9 Å². The molecule has 0 saturated carbocycles. The second-order valence-corrected chi connectivity index (χ2v) is 5.40. The number of carbonyl (C=O) groups is 1. The summed E-state index contributed by atoms with van der Waals surface area (Å²) in [5.74, 6) is -0.689. The van der Waals surface area contributed by atoms with Crippen LogP contribution < -0.4 is 4.90 Å². The zero-order valence-corrected chi connectivity index (χ0v) is 13.2. The average Bonchev–Trinajstić information content (AvgIpc) is 2.85. The van der Waals surface area contributed by atoms with Crippen molar-refractivity contribution in [3.05, 3.63) is 35.4 Å². The number of rotatable bonds is 4. The first kappa shape index (κ1) is 17.3. The number of carbonyl (C=O) groups excluding carboxylic acids is 1. The van der Waals surface area contributed by atoms with E-state index in [4.69, 9.17) is 11.6 Å². The molecule has 0 aliphatic carbocycles. The lowest BCUT2D eigenvalue weighted by Gasteiger charge is -2.16. The van der Waals surface area contributed by atoms with Crippen LogP contribution in [0.4, 0.5) is 18.9 Å². The molecule has 2 aromatic rings. The summed E-state index contributed by atoms with van der Waals surface area (Å²) in [4.78, 5) is 17.0. The van der Waals surface area contributed by atoms with Gasteiger partial charge in [0.15, 0.2) is 5.15 Å². The van der Waals surface area contributed by atoms with Crippen molar-refractivity contribution in [3.8, 4) is 5.69 Å². The number of amides is 1. The molecular weight excluding hydrogens is 333 g/mol. The number of hydrogen-bond acceptors (Lipinski definition) is 3. The molecule has 0 N–H and O–H groups in total. The fraction of sp³-hybridized carbons (Fsp3) is 0.357. The maximum Gasteiger partial charge on any atom is 0.389 e. The number of alkyl halides is 3. The van der Waals surface area contributed by atoms with E-state index in [0.29, 0.717) is 5.69 Å². The minimum atomic E-state index is -4.38. The number of hydrogen-bond donors (Lipinski definition) is 0. The Kier molecular flexibility index (Phi) is 4.93. The van der Waals surface area contributed by atoms with Gasteiger partial charge in [-0.1, -0.05) is 11.6 Å². The van der Waals surface area contributed by atoms with Gasteiger partial charge in [-0.25, -0.2) is 4.68 Å². The number of aryl methyl sites for hydroxylation is 1. The van der Waals surface area contributed by atoms with E-state index in [2.05, 4.69) is 10.1 Å². The van der Waals surface area contributed by atoms with Crippen molar-refractivity contribution < 1.29 is 18.0 Å². The molecule has 0 radical (unpaired) electrons. The van der Waals surface area contributed by atoms with Gasteiger partial charge in [-0.05, 0) is 18.6 Å². The van der Waals surface area contributed by atoms with E-state index in [1.54, 1.807) is 12.4 Å². The average molecular weight is 347 g/mol. The molecule has 0 saturated heterocycles. The Balaban J connectivity index is 2.19. The molecular formula is C14H14ClF3N4O. The molecule has 0 aliphatic rings. The van der Waals surface area contributed by atoms with Gasteiger partial charge in [-0.2, -0.15) is 18.3 Å². The third-order valence-electron chi connectivity index (χ3n) is 3.13. The minimum absolute atomic E-state index is 0.0226. The Morgan fingerprint density at radius 3 is 2.70 bits per heavy atom. The highest BCUT2D eigenvalue weighted by Crippen LogP contribution is 2.27. The molecule has 2 aromatic heterocycles. The highest BCUT2D eigenvalue weighted by molar-refractivity contribution is 6.32. The van der Waals surface area contributed by atoms with E-state index < -0.39 is 24.9 Å². The van der Waals surface area contributed by atoms with Crippen molar-refractivity contribution in [2.45, 2.75) is 25.9 Å². The predicted octanol–water partition coefficient (Wildman–Crippen LogP) is 3.53. The van der Waals surface area contributed by atoms with Crippen LogP contribution in [0.1, 0.15) is 18.4 Å². The van der Waals surface area contributed by atoms with Crippen LogP contribution in [-0.2, 0) is 4.79 Å². The highest BCUT2D eigenvalue weighted by atomic mass is 35.5. The summed E-state index contributed by atoms with van der Waals surface area (Å²) in [6, 6.07) is 1.81. The fourth-order valence-corrected chi connectivity index (χ4v) is 2.17. The van der Waals surface area contributed by atoms with Gasteiger partial charge in [0.1, 0.15) is 5.69 Å². The van der Waals surface area contributed by atoms with Crippen molar-refractivity contribution >= 4 is 23.2 Å². The first-order chi connectivity index (χ1) is 10.7. The molecule has 0 aromatic carbocycles. The lowest BCUT2D eigenvalue weighted by molar-refractivity contribution is -0.142. The summed E-state index contributed by atoms with van der Waals surface area (Å²) >= 11 is 6.00. The van der Waals surface area contributed by atoms with Gasteiger partial charge in [0.2, 0.25) is 5.91 Å². The lowest BCUT2D eigenvalue weighted by atomic mass is 10.2. The fourth-order valence-electron chi connectivity index (χ4n) is 1.92. The molecule has 0 bridgehead atoms. The molecule has 2 heterocycles. The normalized spacial score (nSPS) is 11.6. The summed E-state index contributed by atoms with van der Waals surface area (Å²) < 4.78 is 38.0. The van der Waals surface area contributed by atoms with E-state index in [-0.39, 0.29) is 10.8 Å². The van der Waals surface area contributed by atoms with Crippen LogP contribution in [0.3, 0.4) is 0 Å². The van der Waals surface area contributed by atoms with E-state index >= 15 is 0 Å². The van der Waals surface area contributed by atoms with Gasteiger partial charge < -0.3 is 4.90 Å². The predicted molar refractivity (Wildman–Crippen MR) is 79.8 cm³/mol. The summed E-state index contributed by atoms with van der Waals surface area (Å²) in [5.41, 5.74) is 1.78. The van der Waals surface area contributed by atoms with Crippen LogP contribution in [0.15, 0.2) is 24.7 Å².